The first-order chi connectivity index (χ1) is 15.0. The number of carbonyl (C=O) groups excluding carboxylic acids is 2. The Labute approximate surface area is 189 Å². The second kappa shape index (κ2) is 10.8. The van der Waals surface area contributed by atoms with Crippen LogP contribution in [0.3, 0.4) is 0 Å². The van der Waals surface area contributed by atoms with Crippen molar-refractivity contribution in [2.75, 3.05) is 0 Å². The molecule has 0 amide bonds. The molecule has 0 aliphatic heterocycles. The Kier molecular flexibility index (Phi) is 7.85. The molecule has 3 nitrogen and oxygen atoms in total. The predicted octanol–water partition coefficient (Wildman–Crippen LogP) is 5.75. The van der Waals surface area contributed by atoms with Crippen molar-refractivity contribution in [1.29, 1.82) is 0 Å². The highest BCUT2D eigenvalue weighted by molar-refractivity contribution is 7.80. The smallest absolute Gasteiger partial charge is 0.175 e. The summed E-state index contributed by atoms with van der Waals surface area (Å²) in [6.07, 6.45) is 0.634. The summed E-state index contributed by atoms with van der Waals surface area (Å²) in [7, 11) is 0. The Morgan fingerprint density at radius 1 is 0.710 bits per heavy atom. The van der Waals surface area contributed by atoms with Crippen molar-refractivity contribution >= 4 is 28.8 Å². The Balaban J connectivity index is 2.00. The summed E-state index contributed by atoms with van der Waals surface area (Å²) < 4.78 is 0. The molecule has 3 rings (SSSR count). The highest BCUT2D eigenvalue weighted by Gasteiger charge is 2.36. The summed E-state index contributed by atoms with van der Waals surface area (Å²) >= 11 is 5.64. The first-order valence-electron chi connectivity index (χ1n) is 10.5. The van der Waals surface area contributed by atoms with E-state index in [2.05, 4.69) is 19.2 Å². The topological polar surface area (TPSA) is 46.2 Å². The van der Waals surface area contributed by atoms with Crippen LogP contribution in [-0.2, 0) is 0 Å². The third-order valence-corrected chi connectivity index (χ3v) is 5.52. The van der Waals surface area contributed by atoms with Gasteiger partial charge in [-0.1, -0.05) is 117 Å². The molecule has 1 unspecified atom stereocenters. The highest BCUT2D eigenvalue weighted by atomic mass is 32.1. The molecule has 0 spiro atoms. The molecule has 0 aliphatic carbocycles. The first-order valence-corrected chi connectivity index (χ1v) is 10.9. The SMILES string of the molecule is CC(C)CC(NC(=S)c1ccccc1)C(C(=O)c1ccccc1)C(=O)c1ccccc1. The molecular weight excluding hydrogens is 402 g/mol. The molecule has 0 bridgehead atoms. The minimum Gasteiger partial charge on any atom is -0.372 e. The van der Waals surface area contributed by atoms with Crippen molar-refractivity contribution in [1.82, 2.24) is 5.32 Å². The number of hydrogen-bond acceptors (Lipinski definition) is 3. The van der Waals surface area contributed by atoms with E-state index in [0.29, 0.717) is 22.5 Å². The number of benzene rings is 3. The van der Waals surface area contributed by atoms with E-state index in [9.17, 15) is 9.59 Å². The van der Waals surface area contributed by atoms with Crippen molar-refractivity contribution in [2.24, 2.45) is 11.8 Å². The van der Waals surface area contributed by atoms with E-state index in [1.54, 1.807) is 24.3 Å². The van der Waals surface area contributed by atoms with Gasteiger partial charge in [0.25, 0.3) is 0 Å². The number of carbonyl (C=O) groups is 2. The van der Waals surface area contributed by atoms with Crippen molar-refractivity contribution in [3.8, 4) is 0 Å². The molecule has 3 aromatic carbocycles. The maximum Gasteiger partial charge on any atom is 0.175 e. The molecule has 1 N–H and O–H groups in total. The van der Waals surface area contributed by atoms with Crippen LogP contribution in [0, 0.1) is 11.8 Å². The van der Waals surface area contributed by atoms with E-state index in [4.69, 9.17) is 12.2 Å². The van der Waals surface area contributed by atoms with Crippen LogP contribution in [0.2, 0.25) is 0 Å². The van der Waals surface area contributed by atoms with Crippen LogP contribution in [0.25, 0.3) is 0 Å². The van der Waals surface area contributed by atoms with Crippen LogP contribution >= 0.6 is 12.2 Å². The second-order valence-corrected chi connectivity index (χ2v) is 8.42. The zero-order chi connectivity index (χ0) is 22.2. The molecule has 1 atom stereocenters. The van der Waals surface area contributed by atoms with Crippen LogP contribution in [0.15, 0.2) is 91.0 Å². The van der Waals surface area contributed by atoms with Crippen LogP contribution in [-0.4, -0.2) is 22.6 Å². The van der Waals surface area contributed by atoms with Gasteiger partial charge in [-0.05, 0) is 12.3 Å². The standard InChI is InChI=1S/C27H27NO2S/c1-19(2)18-23(28-27(31)22-16-10-5-11-17-22)24(25(29)20-12-6-3-7-13-20)26(30)21-14-8-4-9-15-21/h3-17,19,23-24H,18H2,1-2H3,(H,28,31). The van der Waals surface area contributed by atoms with Crippen LogP contribution in [0.5, 0.6) is 0 Å². The molecule has 0 fully saturated rings. The van der Waals surface area contributed by atoms with E-state index in [-0.39, 0.29) is 17.5 Å². The lowest BCUT2D eigenvalue weighted by molar-refractivity contribution is 0.0770. The van der Waals surface area contributed by atoms with Crippen LogP contribution in [0.4, 0.5) is 0 Å². The number of thiocarbonyl (C=S) groups is 1. The fourth-order valence-electron chi connectivity index (χ4n) is 3.68. The molecule has 0 saturated heterocycles. The molecule has 31 heavy (non-hydrogen) atoms. The second-order valence-electron chi connectivity index (χ2n) is 8.01. The largest absolute Gasteiger partial charge is 0.372 e. The molecule has 0 heterocycles. The van der Waals surface area contributed by atoms with Gasteiger partial charge >= 0.3 is 0 Å². The lowest BCUT2D eigenvalue weighted by Gasteiger charge is -2.29. The van der Waals surface area contributed by atoms with Gasteiger partial charge in [0.2, 0.25) is 0 Å². The van der Waals surface area contributed by atoms with Crippen molar-refractivity contribution < 1.29 is 9.59 Å². The number of hydrogen-bond donors (Lipinski definition) is 1. The van der Waals surface area contributed by atoms with Gasteiger partial charge in [0.1, 0.15) is 10.9 Å². The van der Waals surface area contributed by atoms with Gasteiger partial charge < -0.3 is 5.32 Å². The maximum atomic E-state index is 13.6. The number of nitrogens with one attached hydrogen (secondary N) is 1. The molecule has 0 radical (unpaired) electrons. The molecule has 158 valence electrons. The van der Waals surface area contributed by atoms with Gasteiger partial charge in [-0.2, -0.15) is 0 Å². The molecule has 0 saturated carbocycles. The molecular formula is C27H27NO2S. The number of ketones is 2. The van der Waals surface area contributed by atoms with Crippen LogP contribution < -0.4 is 5.32 Å². The Hall–Kier alpha value is -3.11. The fraction of sp³-hybridized carbons (Fsp3) is 0.222. The predicted molar refractivity (Wildman–Crippen MR) is 130 cm³/mol. The number of rotatable bonds is 9. The van der Waals surface area contributed by atoms with Gasteiger partial charge in [0, 0.05) is 22.7 Å². The first kappa shape index (κ1) is 22.6. The summed E-state index contributed by atoms with van der Waals surface area (Å²) in [5.41, 5.74) is 1.92. The third-order valence-electron chi connectivity index (χ3n) is 5.16. The van der Waals surface area contributed by atoms with E-state index < -0.39 is 12.0 Å². The Bertz CT molecular complexity index is 965. The maximum absolute atomic E-state index is 13.6. The lowest BCUT2D eigenvalue weighted by atomic mass is 9.81. The third kappa shape index (κ3) is 5.96. The van der Waals surface area contributed by atoms with Crippen molar-refractivity contribution in [2.45, 2.75) is 26.3 Å². The Morgan fingerprint density at radius 3 is 1.48 bits per heavy atom. The average Bonchev–Trinajstić information content (AvgIpc) is 2.80. The quantitative estimate of drug-likeness (QED) is 0.267. The van der Waals surface area contributed by atoms with E-state index in [0.717, 1.165) is 5.56 Å². The average molecular weight is 430 g/mol. The summed E-state index contributed by atoms with van der Waals surface area (Å²) in [5, 5.41) is 3.36. The van der Waals surface area contributed by atoms with Crippen LogP contribution in [0.1, 0.15) is 46.5 Å². The molecule has 0 aromatic heterocycles. The zero-order valence-corrected chi connectivity index (χ0v) is 18.6. The van der Waals surface area contributed by atoms with Crippen molar-refractivity contribution in [3.63, 3.8) is 0 Å². The fourth-order valence-corrected chi connectivity index (χ4v) is 3.96. The lowest BCUT2D eigenvalue weighted by Crippen LogP contribution is -2.47. The van der Waals surface area contributed by atoms with Gasteiger partial charge in [-0.15, -0.1) is 0 Å². The molecule has 0 aliphatic rings. The normalized spacial score (nSPS) is 11.9. The molecule has 3 aromatic rings. The van der Waals surface area contributed by atoms with E-state index in [1.165, 1.54) is 0 Å². The van der Waals surface area contributed by atoms with E-state index in [1.807, 2.05) is 66.7 Å². The van der Waals surface area contributed by atoms with Gasteiger partial charge in [0.15, 0.2) is 11.6 Å². The highest BCUT2D eigenvalue weighted by Crippen LogP contribution is 2.24. The monoisotopic (exact) mass is 429 g/mol. The summed E-state index contributed by atoms with van der Waals surface area (Å²) in [5.74, 6) is -0.994. The van der Waals surface area contributed by atoms with Gasteiger partial charge in [-0.3, -0.25) is 9.59 Å². The minimum atomic E-state index is -0.881. The van der Waals surface area contributed by atoms with Crippen molar-refractivity contribution in [3.05, 3.63) is 108 Å². The Morgan fingerprint density at radius 2 is 1.10 bits per heavy atom. The number of Topliss-reactive ketones (excluding diaryl/α,β-unsaturated/α-hetero) is 2. The summed E-state index contributed by atoms with van der Waals surface area (Å²) in [4.78, 5) is 27.7. The molecule has 4 heteroatoms. The van der Waals surface area contributed by atoms with Gasteiger partial charge in [-0.25, -0.2) is 0 Å². The summed E-state index contributed by atoms with van der Waals surface area (Å²) in [6.45, 7) is 4.16. The minimum absolute atomic E-state index is 0.191. The van der Waals surface area contributed by atoms with E-state index >= 15 is 0 Å². The summed E-state index contributed by atoms with van der Waals surface area (Å²) in [6, 6.07) is 27.2. The van der Waals surface area contributed by atoms with Gasteiger partial charge in [0.05, 0.1) is 0 Å². The zero-order valence-electron chi connectivity index (χ0n) is 17.8.